The molecular formula is C11H23F5Si2. The van der Waals surface area contributed by atoms with Gasteiger partial charge in [0, 0.05) is 6.04 Å². The van der Waals surface area contributed by atoms with E-state index in [2.05, 4.69) is 6.92 Å². The molecule has 0 N–H and O–H groups in total. The van der Waals surface area contributed by atoms with Crippen molar-refractivity contribution in [2.24, 2.45) is 0 Å². The van der Waals surface area contributed by atoms with Crippen LogP contribution < -0.4 is 0 Å². The predicted octanol–water partition coefficient (Wildman–Crippen LogP) is 5.97. The summed E-state index contributed by atoms with van der Waals surface area (Å²) in [5, 5.41) is 0. The van der Waals surface area contributed by atoms with E-state index in [1.807, 2.05) is 0 Å². The van der Waals surface area contributed by atoms with Crippen molar-refractivity contribution in [1.29, 1.82) is 0 Å². The zero-order valence-corrected chi connectivity index (χ0v) is 13.0. The quantitative estimate of drug-likeness (QED) is 0.191. The highest BCUT2D eigenvalue weighted by atomic mass is 28.5. The number of unbranched alkanes of at least 4 members (excludes halogenated alkanes) is 5. The van der Waals surface area contributed by atoms with Gasteiger partial charge >= 0.3 is 17.8 Å². The number of halogens is 5. The molecule has 0 aromatic heterocycles. The lowest BCUT2D eigenvalue weighted by Crippen LogP contribution is -2.22. The molecule has 0 nitrogen and oxygen atoms in total. The number of hydrogen-bond acceptors (Lipinski definition) is 0. The molecule has 110 valence electrons. The fourth-order valence-electron chi connectivity index (χ4n) is 1.82. The molecule has 0 spiro atoms. The average Bonchev–Trinajstić information content (AvgIpc) is 2.23. The smallest absolute Gasteiger partial charge is 0.270 e. The summed E-state index contributed by atoms with van der Waals surface area (Å²) in [6, 6.07) is -1.10. The van der Waals surface area contributed by atoms with Crippen LogP contribution in [-0.4, -0.2) is 17.8 Å². The van der Waals surface area contributed by atoms with Crippen LogP contribution in [0.25, 0.3) is 0 Å². The van der Waals surface area contributed by atoms with Crippen LogP contribution in [-0.2, 0) is 0 Å². The van der Waals surface area contributed by atoms with Crippen LogP contribution in [0.4, 0.5) is 20.5 Å². The van der Waals surface area contributed by atoms with Crippen molar-refractivity contribution in [3.05, 3.63) is 0 Å². The summed E-state index contributed by atoms with van der Waals surface area (Å²) in [6.07, 6.45) is 4.44. The standard InChI is InChI=1S/C11H23F5Si2/c1-2-3-4-5-6-9-17(12,13)10-7-8-11-18(14,15)16/h2-11H2,1H3. The van der Waals surface area contributed by atoms with Gasteiger partial charge in [0.1, 0.15) is 0 Å². The Kier molecular flexibility index (Phi) is 9.10. The minimum Gasteiger partial charge on any atom is -0.270 e. The molecule has 0 saturated heterocycles. The summed E-state index contributed by atoms with van der Waals surface area (Å²) in [5.41, 5.74) is 0. The van der Waals surface area contributed by atoms with Gasteiger partial charge in [-0.3, -0.25) is 8.22 Å². The molecule has 7 heteroatoms. The zero-order chi connectivity index (χ0) is 14.1. The molecule has 0 aliphatic carbocycles. The highest BCUT2D eigenvalue weighted by molar-refractivity contribution is 6.66. The number of rotatable bonds is 11. The van der Waals surface area contributed by atoms with Gasteiger partial charge in [-0.25, -0.2) is 12.3 Å². The van der Waals surface area contributed by atoms with Crippen molar-refractivity contribution in [2.45, 2.75) is 70.0 Å². The van der Waals surface area contributed by atoms with E-state index in [4.69, 9.17) is 0 Å². The van der Waals surface area contributed by atoms with Crippen LogP contribution in [0.1, 0.15) is 51.9 Å². The molecule has 0 aliphatic rings. The van der Waals surface area contributed by atoms with Crippen LogP contribution in [0.3, 0.4) is 0 Å². The first-order chi connectivity index (χ1) is 8.27. The van der Waals surface area contributed by atoms with Gasteiger partial charge in [0.2, 0.25) is 0 Å². The summed E-state index contributed by atoms with van der Waals surface area (Å²) < 4.78 is 62.7. The first-order valence-electron chi connectivity index (χ1n) is 6.71. The van der Waals surface area contributed by atoms with Crippen molar-refractivity contribution >= 4 is 17.8 Å². The summed E-state index contributed by atoms with van der Waals surface area (Å²) in [6.45, 7) is 2.06. The lowest BCUT2D eigenvalue weighted by molar-refractivity contribution is 0.461. The van der Waals surface area contributed by atoms with Crippen LogP contribution in [0.2, 0.25) is 18.1 Å². The van der Waals surface area contributed by atoms with Gasteiger partial charge in [0.05, 0.1) is 0 Å². The second-order valence-electron chi connectivity index (χ2n) is 4.84. The first-order valence-corrected chi connectivity index (χ1v) is 10.7. The minimum absolute atomic E-state index is 0.0415. The normalized spacial score (nSPS) is 13.0. The van der Waals surface area contributed by atoms with E-state index < -0.39 is 23.9 Å². The first kappa shape index (κ1) is 18.1. The van der Waals surface area contributed by atoms with E-state index in [0.29, 0.717) is 6.42 Å². The van der Waals surface area contributed by atoms with E-state index in [0.717, 1.165) is 25.7 Å². The molecule has 0 amide bonds. The third kappa shape index (κ3) is 12.5. The molecule has 0 atom stereocenters. The van der Waals surface area contributed by atoms with E-state index in [1.165, 1.54) is 0 Å². The molecule has 18 heavy (non-hydrogen) atoms. The predicted molar refractivity (Wildman–Crippen MR) is 69.5 cm³/mol. The van der Waals surface area contributed by atoms with E-state index in [-0.39, 0.29) is 24.9 Å². The molecule has 0 fully saturated rings. The molecule has 0 aliphatic heterocycles. The third-order valence-electron chi connectivity index (χ3n) is 2.90. The molecule has 0 aromatic rings. The lowest BCUT2D eigenvalue weighted by Gasteiger charge is -2.12. The Bertz CT molecular complexity index is 206. The SMILES string of the molecule is CCCCCCC[Si](F)(F)CCCC[Si](F)(F)F. The van der Waals surface area contributed by atoms with Crippen molar-refractivity contribution in [1.82, 2.24) is 0 Å². The second kappa shape index (κ2) is 9.06. The highest BCUT2D eigenvalue weighted by Gasteiger charge is 2.37. The van der Waals surface area contributed by atoms with Gasteiger partial charge in [0.15, 0.2) is 0 Å². The maximum Gasteiger partial charge on any atom is 0.616 e. The van der Waals surface area contributed by atoms with Crippen molar-refractivity contribution < 1.29 is 20.5 Å². The largest absolute Gasteiger partial charge is 0.616 e. The molecule has 0 heterocycles. The Labute approximate surface area is 109 Å². The summed E-state index contributed by atoms with van der Waals surface area (Å²) in [5.74, 6) is 0. The maximum atomic E-state index is 13.4. The van der Waals surface area contributed by atoms with E-state index >= 15 is 0 Å². The Balaban J connectivity index is 3.54. The highest BCUT2D eigenvalue weighted by Crippen LogP contribution is 2.27. The van der Waals surface area contributed by atoms with Gasteiger partial charge in [-0.05, 0) is 18.5 Å². The van der Waals surface area contributed by atoms with Crippen molar-refractivity contribution in [3.8, 4) is 0 Å². The van der Waals surface area contributed by atoms with Crippen molar-refractivity contribution in [3.63, 3.8) is 0 Å². The lowest BCUT2D eigenvalue weighted by atomic mass is 10.2. The summed E-state index contributed by atoms with van der Waals surface area (Å²) in [4.78, 5) is 0. The Hall–Kier alpha value is 0.0838. The Morgan fingerprint density at radius 1 is 0.611 bits per heavy atom. The minimum atomic E-state index is -5.52. The molecule has 0 bridgehead atoms. The number of hydrogen-bond donors (Lipinski definition) is 0. The summed E-state index contributed by atoms with van der Waals surface area (Å²) >= 11 is 0. The molecular weight excluding hydrogens is 283 g/mol. The van der Waals surface area contributed by atoms with Gasteiger partial charge in [0.25, 0.3) is 0 Å². The maximum absolute atomic E-state index is 13.4. The van der Waals surface area contributed by atoms with Gasteiger partial charge < -0.3 is 0 Å². The molecule has 0 unspecified atom stereocenters. The fraction of sp³-hybridized carbons (Fsp3) is 1.00. The van der Waals surface area contributed by atoms with Crippen LogP contribution in [0.15, 0.2) is 0 Å². The van der Waals surface area contributed by atoms with Crippen molar-refractivity contribution in [2.75, 3.05) is 0 Å². The van der Waals surface area contributed by atoms with Crippen LogP contribution >= 0.6 is 0 Å². The fourth-order valence-corrected chi connectivity index (χ4v) is 4.26. The van der Waals surface area contributed by atoms with Gasteiger partial charge in [-0.2, -0.15) is 0 Å². The van der Waals surface area contributed by atoms with Crippen LogP contribution in [0.5, 0.6) is 0 Å². The van der Waals surface area contributed by atoms with Gasteiger partial charge in [-0.15, -0.1) is 0 Å². The van der Waals surface area contributed by atoms with Gasteiger partial charge in [-0.1, -0.05) is 45.4 Å². The Morgan fingerprint density at radius 3 is 1.56 bits per heavy atom. The molecule has 0 radical (unpaired) electrons. The molecule has 0 rings (SSSR count). The monoisotopic (exact) mass is 306 g/mol. The molecule has 0 saturated carbocycles. The third-order valence-corrected chi connectivity index (χ3v) is 5.99. The zero-order valence-electron chi connectivity index (χ0n) is 11.0. The van der Waals surface area contributed by atoms with E-state index in [9.17, 15) is 20.5 Å². The molecule has 0 aromatic carbocycles. The Morgan fingerprint density at radius 2 is 1.06 bits per heavy atom. The average molecular weight is 306 g/mol. The van der Waals surface area contributed by atoms with E-state index in [1.54, 1.807) is 0 Å². The summed E-state index contributed by atoms with van der Waals surface area (Å²) in [7, 11) is -9.74. The van der Waals surface area contributed by atoms with Crippen LogP contribution in [0, 0.1) is 0 Å². The second-order valence-corrected chi connectivity index (χ2v) is 9.28. The topological polar surface area (TPSA) is 0 Å².